The summed E-state index contributed by atoms with van der Waals surface area (Å²) in [4.78, 5) is 43.4. The molecule has 12 nitrogen and oxygen atoms in total. The first kappa shape index (κ1) is 76.0. The second-order valence-corrected chi connectivity index (χ2v) is 32.4. The number of furan rings is 3. The molecule has 0 bridgehead atoms. The largest absolute Gasteiger partial charge is 0.456 e. The average Bonchev–Trinajstić information content (AvgIpc) is 1.76. The predicted octanol–water partition coefficient (Wildman–Crippen LogP) is 30.6. The van der Waals surface area contributed by atoms with Gasteiger partial charge in [-0.25, -0.2) is 34.3 Å². The molecule has 0 atom stereocenters. The maximum absolute atomic E-state index is 13.7. The number of nitrogens with zero attached hydrogens (tertiary/aromatic N) is 9. The molecule has 1 aliphatic rings. The Morgan fingerprint density at radius 3 is 0.946 bits per heavy atom. The Kier molecular flexibility index (Phi) is 18.8. The molecule has 608 valence electrons. The van der Waals surface area contributed by atoms with Gasteiger partial charge in [0.2, 0.25) is 0 Å². The van der Waals surface area contributed by atoms with Crippen LogP contribution >= 0.6 is 0 Å². The minimum atomic E-state index is -0.286. The fourth-order valence-corrected chi connectivity index (χ4v) is 18.2. The van der Waals surface area contributed by atoms with Crippen LogP contribution in [-0.2, 0) is 0 Å². The standard InChI is InChI=1S/C43H25N3O.C41H25N3O.C33H20FN3O/c1-2-9-31-30(8-1)34-11-5-12-35-32(19-20-36(31)42(34)35)39-24-38(28-18-21-41-37(23-28)33-10-3-4-13-40(33)47-41)45-43(46-39)27-16-14-26(15-17-27)29-7-6-22-44-25-29;1-2-10-31-28(8-1)22-35(33-12-4-3-11-32(31)33)38-24-37(29-19-20-40-36(23-29)34-13-5-6-14-39(34)45-40)43-41(44-38)27-17-15-26(16-18-27)30-9-7-21-42-25-30;34-26-14-11-22(12-15-26)29-19-30(24-13-16-32-28(18-24)27-5-1-2-6-31(27)38-32)37-33(36-29)23-9-7-21(8-10-23)25-4-3-17-35-20-25/h1-25H;1-25H;1-20H. The van der Waals surface area contributed by atoms with Crippen LogP contribution in [0.5, 0.6) is 0 Å². The lowest BCUT2D eigenvalue weighted by molar-refractivity contribution is 0.628. The highest BCUT2D eigenvalue weighted by Crippen LogP contribution is 2.50. The number of pyridine rings is 3. The second-order valence-electron chi connectivity index (χ2n) is 32.4. The van der Waals surface area contributed by atoms with Crippen molar-refractivity contribution in [1.29, 1.82) is 0 Å². The molecule has 130 heavy (non-hydrogen) atoms. The molecule has 0 spiro atoms. The molecule has 0 unspecified atom stereocenters. The van der Waals surface area contributed by atoms with Crippen molar-refractivity contribution in [2.75, 3.05) is 0 Å². The topological polar surface area (TPSA) is 155 Å². The van der Waals surface area contributed by atoms with Crippen molar-refractivity contribution < 1.29 is 17.6 Å². The van der Waals surface area contributed by atoms with Gasteiger partial charge in [0.1, 0.15) is 39.3 Å². The molecule has 0 aliphatic heterocycles. The molecule has 0 amide bonds. The molecule has 9 aromatic heterocycles. The average molecular weight is 1670 g/mol. The number of para-hydroxylation sites is 3. The van der Waals surface area contributed by atoms with Crippen LogP contribution in [0.25, 0.3) is 255 Å². The van der Waals surface area contributed by atoms with Crippen LogP contribution in [0.4, 0.5) is 4.39 Å². The number of rotatable bonds is 12. The highest BCUT2D eigenvalue weighted by atomic mass is 19.1. The molecular formula is C117H70FN9O3. The van der Waals surface area contributed by atoms with Crippen molar-refractivity contribution in [3.63, 3.8) is 0 Å². The van der Waals surface area contributed by atoms with E-state index in [-0.39, 0.29) is 5.82 Å². The van der Waals surface area contributed by atoms with Crippen molar-refractivity contribution >= 4 is 98.1 Å². The number of benzene rings is 16. The first-order chi connectivity index (χ1) is 64.3. The number of hydrogen-bond acceptors (Lipinski definition) is 12. The van der Waals surface area contributed by atoms with Gasteiger partial charge in [0, 0.05) is 120 Å². The number of halogens is 1. The van der Waals surface area contributed by atoms with Crippen LogP contribution in [-0.4, -0.2) is 44.9 Å². The summed E-state index contributed by atoms with van der Waals surface area (Å²) in [6.07, 6.45) is 10.9. The van der Waals surface area contributed by atoms with Crippen LogP contribution < -0.4 is 0 Å². The SMILES string of the molecule is Fc1ccc(-c2cc(-c3ccc4oc5ccccc5c4c3)nc(-c3ccc(-c4cccnc4)cc3)n2)cc1.c1cncc(-c2ccc(-c3nc(-c4ccc5oc6ccccc6c5c4)cc(-c4cc5ccccc5c5ccccc45)n3)cc2)c1.c1cncc(-c2ccc(-c3nc(-c4ccc5oc6ccccc6c5c4)cc(-c4ccc5c6c(cccc46)-c4ccccc4-5)n3)cc2)c1. The van der Waals surface area contributed by atoms with Crippen molar-refractivity contribution in [1.82, 2.24) is 44.9 Å². The Morgan fingerprint density at radius 2 is 0.500 bits per heavy atom. The number of fused-ring (bicyclic) bond motifs is 15. The summed E-state index contributed by atoms with van der Waals surface area (Å²) in [5.41, 5.74) is 30.4. The minimum Gasteiger partial charge on any atom is -0.456 e. The molecule has 16 aromatic carbocycles. The van der Waals surface area contributed by atoms with E-state index in [0.717, 1.165) is 189 Å². The summed E-state index contributed by atoms with van der Waals surface area (Å²) >= 11 is 0. The lowest BCUT2D eigenvalue weighted by Crippen LogP contribution is -1.97. The highest BCUT2D eigenvalue weighted by molar-refractivity contribution is 6.19. The van der Waals surface area contributed by atoms with E-state index < -0.39 is 0 Å². The van der Waals surface area contributed by atoms with E-state index in [1.54, 1.807) is 30.7 Å². The molecule has 0 saturated heterocycles. The van der Waals surface area contributed by atoms with E-state index in [9.17, 15) is 4.39 Å². The van der Waals surface area contributed by atoms with Gasteiger partial charge in [-0.3, -0.25) is 15.0 Å². The normalized spacial score (nSPS) is 11.6. The van der Waals surface area contributed by atoms with E-state index in [2.05, 4.69) is 245 Å². The van der Waals surface area contributed by atoms with Crippen molar-refractivity contribution in [2.45, 2.75) is 0 Å². The van der Waals surface area contributed by atoms with E-state index in [1.165, 1.54) is 61.3 Å². The van der Waals surface area contributed by atoms with Crippen LogP contribution in [0, 0.1) is 5.82 Å². The van der Waals surface area contributed by atoms with Crippen LogP contribution in [0.3, 0.4) is 0 Å². The van der Waals surface area contributed by atoms with Gasteiger partial charge in [-0.05, 0) is 227 Å². The molecule has 26 rings (SSSR count). The van der Waals surface area contributed by atoms with Crippen LogP contribution in [0.15, 0.2) is 439 Å². The van der Waals surface area contributed by atoms with Crippen molar-refractivity contribution in [2.24, 2.45) is 0 Å². The first-order valence-electron chi connectivity index (χ1n) is 43.1. The summed E-state index contributed by atoms with van der Waals surface area (Å²) in [5, 5.41) is 13.7. The second kappa shape index (κ2) is 32.1. The minimum absolute atomic E-state index is 0.286. The monoisotopic (exact) mass is 1670 g/mol. The van der Waals surface area contributed by atoms with Crippen molar-refractivity contribution in [3.8, 4) is 157 Å². The zero-order valence-electron chi connectivity index (χ0n) is 69.5. The van der Waals surface area contributed by atoms with E-state index in [4.69, 9.17) is 43.2 Å². The smallest absolute Gasteiger partial charge is 0.160 e. The molecule has 0 radical (unpaired) electrons. The number of aromatic nitrogens is 9. The van der Waals surface area contributed by atoms with Gasteiger partial charge in [-0.1, -0.05) is 249 Å². The quantitative estimate of drug-likeness (QED) is 0.107. The Bertz CT molecular complexity index is 8700. The number of hydrogen-bond donors (Lipinski definition) is 0. The first-order valence-corrected chi connectivity index (χ1v) is 43.1. The third kappa shape index (κ3) is 14.1. The fourth-order valence-electron chi connectivity index (χ4n) is 18.2. The van der Waals surface area contributed by atoms with Crippen molar-refractivity contribution in [3.05, 3.63) is 431 Å². The molecule has 0 N–H and O–H groups in total. The molecule has 13 heteroatoms. The van der Waals surface area contributed by atoms with E-state index in [1.807, 2.05) is 152 Å². The highest BCUT2D eigenvalue weighted by Gasteiger charge is 2.26. The Labute approximate surface area is 744 Å². The lowest BCUT2D eigenvalue weighted by atomic mass is 9.95. The maximum Gasteiger partial charge on any atom is 0.160 e. The molecule has 0 saturated carbocycles. The van der Waals surface area contributed by atoms with E-state index >= 15 is 0 Å². The summed E-state index contributed by atoms with van der Waals surface area (Å²) in [6.45, 7) is 0. The van der Waals surface area contributed by atoms with Gasteiger partial charge in [-0.2, -0.15) is 0 Å². The van der Waals surface area contributed by atoms with Gasteiger partial charge in [0.25, 0.3) is 0 Å². The van der Waals surface area contributed by atoms with Crippen LogP contribution in [0.2, 0.25) is 0 Å². The zero-order valence-corrected chi connectivity index (χ0v) is 69.5. The van der Waals surface area contributed by atoms with Gasteiger partial charge >= 0.3 is 0 Å². The summed E-state index contributed by atoms with van der Waals surface area (Å²) in [6, 6.07) is 132. The maximum atomic E-state index is 13.7. The van der Waals surface area contributed by atoms with Gasteiger partial charge in [0.05, 0.1) is 34.2 Å². The zero-order chi connectivity index (χ0) is 86.1. The van der Waals surface area contributed by atoms with Gasteiger partial charge in [0.15, 0.2) is 17.5 Å². The summed E-state index contributed by atoms with van der Waals surface area (Å²) < 4.78 is 32.0. The van der Waals surface area contributed by atoms with Crippen LogP contribution in [0.1, 0.15) is 0 Å². The van der Waals surface area contributed by atoms with E-state index in [0.29, 0.717) is 17.5 Å². The fraction of sp³-hybridized carbons (Fsp3) is 0. The summed E-state index contributed by atoms with van der Waals surface area (Å²) in [5.74, 6) is 1.66. The molecule has 9 heterocycles. The molecular weight excluding hydrogens is 1600 g/mol. The third-order valence-corrected chi connectivity index (χ3v) is 24.6. The molecule has 1 aliphatic carbocycles. The molecule has 25 aromatic rings. The Hall–Kier alpha value is -17.7. The molecule has 0 fully saturated rings. The van der Waals surface area contributed by atoms with Gasteiger partial charge in [-0.15, -0.1) is 0 Å². The van der Waals surface area contributed by atoms with Gasteiger partial charge < -0.3 is 13.3 Å². The predicted molar refractivity (Wildman–Crippen MR) is 523 cm³/mol. The Morgan fingerprint density at radius 1 is 0.177 bits per heavy atom. The summed E-state index contributed by atoms with van der Waals surface area (Å²) in [7, 11) is 0. The Balaban J connectivity index is 0.000000109. The lowest BCUT2D eigenvalue weighted by Gasteiger charge is -2.13. The third-order valence-electron chi connectivity index (χ3n) is 24.6.